The van der Waals surface area contributed by atoms with Crippen molar-refractivity contribution in [2.24, 2.45) is 0 Å². The van der Waals surface area contributed by atoms with Crippen molar-refractivity contribution in [2.45, 2.75) is 26.3 Å². The molecule has 3 aromatic rings. The van der Waals surface area contributed by atoms with Crippen LogP contribution < -0.4 is 14.4 Å². The van der Waals surface area contributed by atoms with Gasteiger partial charge in [-0.05, 0) is 65.1 Å². The van der Waals surface area contributed by atoms with Gasteiger partial charge < -0.3 is 19.3 Å². The number of rotatable bonds is 5. The van der Waals surface area contributed by atoms with Gasteiger partial charge in [-0.2, -0.15) is 0 Å². The molecule has 7 nitrogen and oxygen atoms in total. The van der Waals surface area contributed by atoms with Crippen LogP contribution in [0.25, 0.3) is 11.1 Å². The van der Waals surface area contributed by atoms with Crippen LogP contribution in [0.5, 0.6) is 11.5 Å². The maximum Gasteiger partial charge on any atom is 0.253 e. The molecule has 0 spiro atoms. The summed E-state index contributed by atoms with van der Waals surface area (Å²) in [6.45, 7) is 6.87. The summed E-state index contributed by atoms with van der Waals surface area (Å²) in [5.74, 6) is 1.86. The molecule has 0 aliphatic carbocycles. The van der Waals surface area contributed by atoms with Gasteiger partial charge in [-0.3, -0.25) is 14.5 Å². The molecule has 3 aromatic carbocycles. The number of hydrogen-bond acceptors (Lipinski definition) is 5. The first-order valence-electron chi connectivity index (χ1n) is 13.0. The summed E-state index contributed by atoms with van der Waals surface area (Å²) in [4.78, 5) is 31.5. The fourth-order valence-corrected chi connectivity index (χ4v) is 5.43. The molecule has 0 saturated carbocycles. The molecule has 0 bridgehead atoms. The van der Waals surface area contributed by atoms with Crippen molar-refractivity contribution < 1.29 is 19.1 Å². The monoisotopic (exact) mass is 497 g/mol. The van der Waals surface area contributed by atoms with Gasteiger partial charge in [0, 0.05) is 56.9 Å². The molecule has 0 unspecified atom stereocenters. The molecule has 1 saturated heterocycles. The first kappa shape index (κ1) is 23.6. The lowest BCUT2D eigenvalue weighted by Gasteiger charge is -2.34. The van der Waals surface area contributed by atoms with E-state index in [0.717, 1.165) is 60.9 Å². The Kier molecular flexibility index (Phi) is 6.30. The summed E-state index contributed by atoms with van der Waals surface area (Å²) in [6.07, 6.45) is 1.40. The van der Waals surface area contributed by atoms with E-state index in [1.165, 1.54) is 11.1 Å². The molecule has 1 fully saturated rings. The first-order valence-corrected chi connectivity index (χ1v) is 13.0. The van der Waals surface area contributed by atoms with Gasteiger partial charge in [-0.15, -0.1) is 0 Å². The molecule has 0 radical (unpaired) electrons. The van der Waals surface area contributed by atoms with Crippen LogP contribution in [0.15, 0.2) is 60.7 Å². The third-order valence-corrected chi connectivity index (χ3v) is 7.55. The summed E-state index contributed by atoms with van der Waals surface area (Å²) in [7, 11) is 0. The van der Waals surface area contributed by atoms with Crippen LogP contribution in [0, 0.1) is 0 Å². The Labute approximate surface area is 217 Å². The van der Waals surface area contributed by atoms with E-state index in [9.17, 15) is 9.59 Å². The molecule has 0 N–H and O–H groups in total. The van der Waals surface area contributed by atoms with E-state index in [2.05, 4.69) is 23.1 Å². The minimum Gasteiger partial charge on any atom is -0.454 e. The van der Waals surface area contributed by atoms with Crippen molar-refractivity contribution in [3.05, 3.63) is 77.4 Å². The van der Waals surface area contributed by atoms with Gasteiger partial charge in [0.1, 0.15) is 0 Å². The number of nitrogens with zero attached hydrogens (tertiary/aromatic N) is 3. The van der Waals surface area contributed by atoms with Gasteiger partial charge in [0.2, 0.25) is 12.7 Å². The molecule has 37 heavy (non-hydrogen) atoms. The number of carbonyl (C=O) groups is 2. The van der Waals surface area contributed by atoms with E-state index in [1.54, 1.807) is 0 Å². The predicted octanol–water partition coefficient (Wildman–Crippen LogP) is 4.34. The van der Waals surface area contributed by atoms with Crippen LogP contribution in [-0.4, -0.2) is 61.1 Å². The SMILES string of the molecule is CCC(=O)N1CCc2cc(-c3ccc(C(=O)N4CCN(Cc5ccc6c(c5)OCO6)CC4)cc3)ccc21. The third-order valence-electron chi connectivity index (χ3n) is 7.55. The minimum atomic E-state index is 0.0805. The Morgan fingerprint density at radius 2 is 1.57 bits per heavy atom. The summed E-state index contributed by atoms with van der Waals surface area (Å²) in [5, 5.41) is 0. The van der Waals surface area contributed by atoms with Crippen LogP contribution in [0.2, 0.25) is 0 Å². The number of fused-ring (bicyclic) bond motifs is 2. The average molecular weight is 498 g/mol. The molecule has 2 amide bonds. The molecule has 7 heteroatoms. The summed E-state index contributed by atoms with van der Waals surface area (Å²) in [5.41, 5.74) is 6.33. The van der Waals surface area contributed by atoms with Crippen LogP contribution in [-0.2, 0) is 17.8 Å². The van der Waals surface area contributed by atoms with Gasteiger partial charge >= 0.3 is 0 Å². The molecule has 3 aliphatic heterocycles. The molecular formula is C30H31N3O4. The Morgan fingerprint density at radius 3 is 2.35 bits per heavy atom. The Balaban J connectivity index is 1.06. The molecule has 3 aliphatic rings. The zero-order chi connectivity index (χ0) is 25.4. The lowest BCUT2D eigenvalue weighted by atomic mass is 10.00. The van der Waals surface area contributed by atoms with Gasteiger partial charge in [0.25, 0.3) is 5.91 Å². The second-order valence-corrected chi connectivity index (χ2v) is 9.83. The number of carbonyl (C=O) groups excluding carboxylic acids is 2. The van der Waals surface area contributed by atoms with Gasteiger partial charge in [-0.25, -0.2) is 0 Å². The van der Waals surface area contributed by atoms with Crippen LogP contribution >= 0.6 is 0 Å². The second-order valence-electron chi connectivity index (χ2n) is 9.83. The van der Waals surface area contributed by atoms with E-state index in [-0.39, 0.29) is 18.6 Å². The van der Waals surface area contributed by atoms with Crippen molar-refractivity contribution in [1.29, 1.82) is 0 Å². The highest BCUT2D eigenvalue weighted by molar-refractivity contribution is 5.96. The number of amides is 2. The van der Waals surface area contributed by atoms with E-state index >= 15 is 0 Å². The van der Waals surface area contributed by atoms with E-state index in [0.29, 0.717) is 25.1 Å². The molecule has 3 heterocycles. The highest BCUT2D eigenvalue weighted by Crippen LogP contribution is 2.34. The van der Waals surface area contributed by atoms with Crippen molar-refractivity contribution in [1.82, 2.24) is 9.80 Å². The fourth-order valence-electron chi connectivity index (χ4n) is 5.43. The molecular weight excluding hydrogens is 466 g/mol. The summed E-state index contributed by atoms with van der Waals surface area (Å²) < 4.78 is 10.9. The predicted molar refractivity (Wildman–Crippen MR) is 142 cm³/mol. The Morgan fingerprint density at radius 1 is 0.811 bits per heavy atom. The number of ether oxygens (including phenoxy) is 2. The standard InChI is InChI=1S/C30H31N3O4/c1-2-29(34)33-12-11-25-18-24(8-9-26(25)33)22-4-6-23(7-5-22)30(35)32-15-13-31(14-16-32)19-21-3-10-27-28(17-21)37-20-36-27/h3-10,17-18H,2,11-16,19-20H2,1H3. The molecule has 6 rings (SSSR count). The second kappa shape index (κ2) is 9.90. The van der Waals surface area contributed by atoms with Crippen molar-refractivity contribution in [3.8, 4) is 22.6 Å². The van der Waals surface area contributed by atoms with E-state index < -0.39 is 0 Å². The zero-order valence-corrected chi connectivity index (χ0v) is 21.1. The first-order chi connectivity index (χ1) is 18.1. The average Bonchev–Trinajstić information content (AvgIpc) is 3.59. The van der Waals surface area contributed by atoms with Crippen molar-refractivity contribution >= 4 is 17.5 Å². The van der Waals surface area contributed by atoms with Crippen LogP contribution in [0.4, 0.5) is 5.69 Å². The quantitative estimate of drug-likeness (QED) is 0.525. The van der Waals surface area contributed by atoms with Gasteiger partial charge in [0.05, 0.1) is 0 Å². The van der Waals surface area contributed by atoms with E-state index in [1.807, 2.05) is 59.2 Å². The Bertz CT molecular complexity index is 1330. The van der Waals surface area contributed by atoms with Gasteiger partial charge in [0.15, 0.2) is 11.5 Å². The maximum atomic E-state index is 13.2. The lowest BCUT2D eigenvalue weighted by Crippen LogP contribution is -2.48. The molecule has 190 valence electrons. The smallest absolute Gasteiger partial charge is 0.253 e. The number of piperazine rings is 1. The third kappa shape index (κ3) is 4.67. The normalized spacial score (nSPS) is 16.7. The summed E-state index contributed by atoms with van der Waals surface area (Å²) >= 11 is 0. The van der Waals surface area contributed by atoms with Crippen molar-refractivity contribution in [3.63, 3.8) is 0 Å². The van der Waals surface area contributed by atoms with Gasteiger partial charge in [-0.1, -0.05) is 31.2 Å². The highest BCUT2D eigenvalue weighted by Gasteiger charge is 2.25. The largest absolute Gasteiger partial charge is 0.454 e. The number of anilines is 1. The summed E-state index contributed by atoms with van der Waals surface area (Å²) in [6, 6.07) is 20.3. The highest BCUT2D eigenvalue weighted by atomic mass is 16.7. The van der Waals surface area contributed by atoms with Crippen LogP contribution in [0.3, 0.4) is 0 Å². The minimum absolute atomic E-state index is 0.0805. The Hall–Kier alpha value is -3.84. The fraction of sp³-hybridized carbons (Fsp3) is 0.333. The zero-order valence-electron chi connectivity index (χ0n) is 21.1. The van der Waals surface area contributed by atoms with Crippen LogP contribution in [0.1, 0.15) is 34.8 Å². The van der Waals surface area contributed by atoms with Crippen molar-refractivity contribution in [2.75, 3.05) is 44.4 Å². The molecule has 0 atom stereocenters. The lowest BCUT2D eigenvalue weighted by molar-refractivity contribution is -0.118. The molecule has 0 aromatic heterocycles. The number of benzene rings is 3. The number of hydrogen-bond donors (Lipinski definition) is 0. The topological polar surface area (TPSA) is 62.3 Å². The maximum absolute atomic E-state index is 13.2. The van der Waals surface area contributed by atoms with E-state index in [4.69, 9.17) is 9.47 Å².